The van der Waals surface area contributed by atoms with Gasteiger partial charge in [0, 0.05) is 66.3 Å². The number of benzene rings is 3. The molecule has 1 fully saturated rings. The van der Waals surface area contributed by atoms with Crippen LogP contribution in [-0.2, 0) is 36.4 Å². The number of phosphoric acid groups is 3. The van der Waals surface area contributed by atoms with Gasteiger partial charge in [0.2, 0.25) is 5.91 Å². The Morgan fingerprint density at radius 1 is 0.896 bits per heavy atom. The molecule has 2 unspecified atom stereocenters. The number of aromatic hydroxyl groups is 1. The van der Waals surface area contributed by atoms with Crippen LogP contribution >= 0.6 is 23.5 Å². The molecule has 6 rings (SSSR count). The number of nitrogens with one attached hydrogen (secondary N) is 3. The highest BCUT2D eigenvalue weighted by atomic mass is 31.3. The maximum Gasteiger partial charge on any atom is 0.490 e. The van der Waals surface area contributed by atoms with Crippen LogP contribution in [0.25, 0.3) is 39.5 Å². The van der Waals surface area contributed by atoms with Gasteiger partial charge in [-0.25, -0.2) is 23.3 Å². The number of nitrogens with zero attached hydrogens (tertiary/aromatic N) is 1. The molecule has 1 aliphatic carbocycles. The first-order valence-corrected chi connectivity index (χ1v) is 24.3. The second kappa shape index (κ2) is 20.9. The van der Waals surface area contributed by atoms with E-state index in [4.69, 9.17) is 18.9 Å². The molecule has 3 heterocycles. The first-order chi connectivity index (χ1) is 31.5. The van der Waals surface area contributed by atoms with Gasteiger partial charge >= 0.3 is 35.1 Å². The summed E-state index contributed by atoms with van der Waals surface area (Å²) in [7, 11) is -17.0. The number of H-pyrrole nitrogens is 1. The number of aliphatic hydroxyl groups is 1. The van der Waals surface area contributed by atoms with E-state index in [1.54, 1.807) is 6.07 Å². The minimum absolute atomic E-state index is 0.0252. The van der Waals surface area contributed by atoms with Crippen LogP contribution in [0.2, 0.25) is 0 Å². The Balaban J connectivity index is 0.951. The lowest BCUT2D eigenvalue weighted by molar-refractivity contribution is -0.121. The fraction of sp³-hybridized carbons (Fsp3) is 0.282. The van der Waals surface area contributed by atoms with Gasteiger partial charge in [0.1, 0.15) is 29.4 Å². The predicted octanol–water partition coefficient (Wildman–Crippen LogP) is 2.93. The van der Waals surface area contributed by atoms with Crippen LogP contribution < -0.4 is 27.3 Å². The average molecular weight is 995 g/mol. The maximum atomic E-state index is 13.1. The Hall–Kier alpha value is -5.91. The number of phenolic OH excluding ortho intramolecular Hbond substituents is 1. The number of hydrogen-bond donors (Lipinski definition) is 10. The highest BCUT2D eigenvalue weighted by molar-refractivity contribution is 7.66. The van der Waals surface area contributed by atoms with Crippen molar-refractivity contribution in [1.82, 2.24) is 20.2 Å². The highest BCUT2D eigenvalue weighted by Crippen LogP contribution is 2.66. The average Bonchev–Trinajstić information content (AvgIpc) is 3.60. The van der Waals surface area contributed by atoms with Crippen LogP contribution in [0.4, 0.5) is 0 Å². The van der Waals surface area contributed by atoms with Gasteiger partial charge in [-0.15, -0.1) is 0 Å². The van der Waals surface area contributed by atoms with Crippen LogP contribution in [0.5, 0.6) is 5.75 Å². The molecular weight excluding hydrogens is 953 g/mol. The minimum Gasteiger partial charge on any atom is -0.508 e. The van der Waals surface area contributed by atoms with Crippen LogP contribution in [0.1, 0.15) is 64.6 Å². The Labute approximate surface area is 376 Å². The zero-order valence-electron chi connectivity index (χ0n) is 34.5. The van der Waals surface area contributed by atoms with Crippen molar-refractivity contribution in [1.29, 1.82) is 0 Å². The van der Waals surface area contributed by atoms with E-state index in [1.807, 2.05) is 0 Å². The SMILES string of the molecule is O=C(CCCCCNC(=O)c1ccc(-c2c3ccc(=O)cc-3oc3cc(O)ccc23)c(C(=O)O)c1)NC/C=C/c1cn([C@H]2C[C@H](O)[C@@H](COP(=O)(O)OP(=O)(O)OP(=O)(O)O)O2)c(=O)[nH]c1=O. The van der Waals surface area contributed by atoms with Gasteiger partial charge in [-0.1, -0.05) is 24.6 Å². The number of fused-ring (bicyclic) bond motifs is 2. The summed E-state index contributed by atoms with van der Waals surface area (Å²) in [6.07, 6.45) is 0.901. The molecule has 3 aliphatic rings. The second-order valence-electron chi connectivity index (χ2n) is 14.7. The summed E-state index contributed by atoms with van der Waals surface area (Å²) in [6, 6.07) is 12.6. The predicted molar refractivity (Wildman–Crippen MR) is 232 cm³/mol. The molecule has 0 spiro atoms. The molecule has 25 nitrogen and oxygen atoms in total. The maximum absolute atomic E-state index is 13.1. The molecule has 67 heavy (non-hydrogen) atoms. The number of unbranched alkanes of at least 4 members (excludes halogenated alkanes) is 2. The fourth-order valence-electron chi connectivity index (χ4n) is 6.91. The lowest BCUT2D eigenvalue weighted by Gasteiger charge is -2.19. The molecule has 3 aromatic rings. The Morgan fingerprint density at radius 3 is 2.37 bits per heavy atom. The van der Waals surface area contributed by atoms with E-state index >= 15 is 0 Å². The van der Waals surface area contributed by atoms with Crippen LogP contribution in [-0.4, -0.2) is 94.1 Å². The van der Waals surface area contributed by atoms with Gasteiger partial charge in [0.15, 0.2) is 5.43 Å². The summed E-state index contributed by atoms with van der Waals surface area (Å²) in [5.41, 5.74) is -0.948. The number of hydrogen-bond acceptors (Lipinski definition) is 16. The molecule has 2 aliphatic heterocycles. The van der Waals surface area contributed by atoms with E-state index < -0.39 is 71.6 Å². The quantitative estimate of drug-likeness (QED) is 0.0304. The summed E-state index contributed by atoms with van der Waals surface area (Å²) >= 11 is 0. The second-order valence-corrected chi connectivity index (χ2v) is 19.1. The Morgan fingerprint density at radius 2 is 1.64 bits per heavy atom. The van der Waals surface area contributed by atoms with E-state index in [-0.39, 0.29) is 76.6 Å². The molecule has 1 aromatic heterocycles. The number of carbonyl (C=O) groups is 3. The van der Waals surface area contributed by atoms with Crippen LogP contribution in [0, 0.1) is 0 Å². The molecular formula is C39H41N4O21P3. The summed E-state index contributed by atoms with van der Waals surface area (Å²) in [5, 5.41) is 36.5. The van der Waals surface area contributed by atoms with E-state index in [0.29, 0.717) is 35.8 Å². The monoisotopic (exact) mass is 994 g/mol. The number of carboxylic acid groups (broad SMARTS) is 1. The van der Waals surface area contributed by atoms with Crippen molar-refractivity contribution in [3.63, 3.8) is 0 Å². The number of aromatic carboxylic acids is 1. The smallest absolute Gasteiger partial charge is 0.490 e. The van der Waals surface area contributed by atoms with Gasteiger partial charge in [-0.2, -0.15) is 8.62 Å². The molecule has 28 heteroatoms. The molecule has 0 radical (unpaired) electrons. The molecule has 5 atom stereocenters. The first kappa shape index (κ1) is 50.5. The van der Waals surface area contributed by atoms with E-state index in [2.05, 4.69) is 28.8 Å². The Kier molecular flexibility index (Phi) is 15.8. The van der Waals surface area contributed by atoms with Crippen molar-refractivity contribution in [2.24, 2.45) is 0 Å². The van der Waals surface area contributed by atoms with Gasteiger partial charge in [-0.3, -0.25) is 33.3 Å². The lowest BCUT2D eigenvalue weighted by atomic mass is 9.90. The number of aliphatic hydroxyl groups excluding tert-OH is 1. The normalized spacial score (nSPS) is 18.2. The number of aromatic nitrogens is 2. The summed E-state index contributed by atoms with van der Waals surface area (Å²) in [5.74, 6) is -2.10. The molecule has 0 bridgehead atoms. The van der Waals surface area contributed by atoms with Crippen molar-refractivity contribution in [3.8, 4) is 28.2 Å². The van der Waals surface area contributed by atoms with Crippen LogP contribution in [0.3, 0.4) is 0 Å². The highest BCUT2D eigenvalue weighted by Gasteiger charge is 2.43. The topological polar surface area (TPSA) is 390 Å². The van der Waals surface area contributed by atoms with E-state index in [9.17, 15) is 67.6 Å². The number of amides is 2. The first-order valence-electron chi connectivity index (χ1n) is 19.8. The third kappa shape index (κ3) is 13.4. The number of rotatable bonds is 20. The van der Waals surface area contributed by atoms with Gasteiger partial charge in [-0.05, 0) is 54.8 Å². The van der Waals surface area contributed by atoms with Gasteiger partial charge in [0.05, 0.1) is 23.8 Å². The largest absolute Gasteiger partial charge is 0.508 e. The zero-order valence-corrected chi connectivity index (χ0v) is 37.1. The summed E-state index contributed by atoms with van der Waals surface area (Å²) < 4.78 is 58.4. The fourth-order valence-corrected chi connectivity index (χ4v) is 9.94. The number of aromatic amines is 1. The van der Waals surface area contributed by atoms with Crippen LogP contribution in [0.15, 0.2) is 85.7 Å². The molecule has 2 aromatic carbocycles. The standard InChI is InChI=1S/C39H41N4O21P3/c44-23-8-11-26-30(16-23)61-31-17-24(45)9-12-27(31)35(26)25-10-7-21(15-28(25)38(50)51)36(48)41-13-3-1-2-6-33(47)40-14-4-5-22-19-43(39(52)42-37(22)49)34-18-29(46)32(62-34)20-60-66(56,57)64-67(58,59)63-65(53,54)55/h4-5,7-12,15-17,19,29,32,34,44,46H,1-3,6,13-14,18,20H2,(H,40,47)(H,41,48)(H,50,51)(H,56,57)(H,58,59)(H,42,49,52)(H2,53,54,55)/b5-4+/t29-,32+,34+/m0/s1. The van der Waals surface area contributed by atoms with Crippen molar-refractivity contribution >= 4 is 58.3 Å². The molecule has 358 valence electrons. The number of ether oxygens (including phenoxy) is 1. The van der Waals surface area contributed by atoms with Crippen molar-refractivity contribution in [3.05, 3.63) is 115 Å². The van der Waals surface area contributed by atoms with Crippen molar-refractivity contribution < 1.29 is 85.3 Å². The van der Waals surface area contributed by atoms with E-state index in [0.717, 1.165) is 10.8 Å². The molecule has 10 N–H and O–H groups in total. The summed E-state index contributed by atoms with van der Waals surface area (Å²) in [6.45, 7) is -0.793. The summed E-state index contributed by atoms with van der Waals surface area (Å²) in [4.78, 5) is 113. The number of phenols is 1. The number of carboxylic acids is 1. The minimum atomic E-state index is -5.79. The zero-order chi connectivity index (χ0) is 48.8. The van der Waals surface area contributed by atoms with Crippen molar-refractivity contribution in [2.75, 3.05) is 19.7 Å². The third-order valence-corrected chi connectivity index (χ3v) is 13.7. The molecule has 0 saturated carbocycles. The van der Waals surface area contributed by atoms with E-state index in [1.165, 1.54) is 60.7 Å². The van der Waals surface area contributed by atoms with Crippen molar-refractivity contribution in [2.45, 2.75) is 50.5 Å². The van der Waals surface area contributed by atoms with Gasteiger partial charge < -0.3 is 54.7 Å². The number of carbonyl (C=O) groups excluding carboxylic acids is 2. The third-order valence-electron chi connectivity index (χ3n) is 9.87. The molecule has 1 saturated heterocycles. The number of phosphoric ester groups is 1. The lowest BCUT2D eigenvalue weighted by Crippen LogP contribution is -2.33. The Bertz CT molecular complexity index is 3030. The van der Waals surface area contributed by atoms with Gasteiger partial charge in [0.25, 0.3) is 11.5 Å². The molecule has 2 amide bonds.